The second-order valence-corrected chi connectivity index (χ2v) is 6.84. The topological polar surface area (TPSA) is 30.5 Å². The molecule has 0 saturated carbocycles. The molecule has 2 aromatic carbocycles. The molecular formula is C18H21BrClNO2. The van der Waals surface area contributed by atoms with Gasteiger partial charge in [0.1, 0.15) is 0 Å². The first-order valence-corrected chi connectivity index (χ1v) is 8.61. The fraction of sp³-hybridized carbons (Fsp3) is 0.333. The van der Waals surface area contributed by atoms with Crippen LogP contribution < -0.4 is 14.8 Å². The van der Waals surface area contributed by atoms with E-state index in [2.05, 4.69) is 21.2 Å². The van der Waals surface area contributed by atoms with Gasteiger partial charge in [-0.2, -0.15) is 0 Å². The number of ether oxygens (including phenoxy) is 2. The molecule has 124 valence electrons. The largest absolute Gasteiger partial charge is 0.493 e. The summed E-state index contributed by atoms with van der Waals surface area (Å²) in [4.78, 5) is 0. The minimum absolute atomic E-state index is 0.0921. The molecule has 0 bridgehead atoms. The molecule has 0 amide bonds. The van der Waals surface area contributed by atoms with Crippen LogP contribution in [-0.4, -0.2) is 13.2 Å². The monoisotopic (exact) mass is 397 g/mol. The molecule has 3 nitrogen and oxygen atoms in total. The number of anilines is 1. The van der Waals surface area contributed by atoms with E-state index in [4.69, 9.17) is 21.1 Å². The van der Waals surface area contributed by atoms with Crippen LogP contribution in [0.4, 0.5) is 5.69 Å². The number of benzene rings is 2. The van der Waals surface area contributed by atoms with Crippen molar-refractivity contribution < 1.29 is 9.47 Å². The standard InChI is InChI=1S/C18H21BrClNO2/c1-11(2)23-18-9-15(19)13(7-17(18)22-4)10-21-14-6-5-12(3)16(20)8-14/h5-9,11,21H,10H2,1-4H3. The highest BCUT2D eigenvalue weighted by atomic mass is 79.9. The minimum atomic E-state index is 0.0921. The predicted molar refractivity (Wildman–Crippen MR) is 100.0 cm³/mol. The van der Waals surface area contributed by atoms with Gasteiger partial charge >= 0.3 is 0 Å². The lowest BCUT2D eigenvalue weighted by atomic mass is 10.1. The molecule has 0 spiro atoms. The van der Waals surface area contributed by atoms with Gasteiger partial charge in [-0.1, -0.05) is 33.6 Å². The van der Waals surface area contributed by atoms with Gasteiger partial charge in [-0.3, -0.25) is 0 Å². The molecule has 0 aromatic heterocycles. The van der Waals surface area contributed by atoms with Gasteiger partial charge in [0.15, 0.2) is 11.5 Å². The Morgan fingerprint density at radius 2 is 1.91 bits per heavy atom. The van der Waals surface area contributed by atoms with Gasteiger partial charge in [0.05, 0.1) is 13.2 Å². The summed E-state index contributed by atoms with van der Waals surface area (Å²) in [7, 11) is 1.65. The SMILES string of the molecule is COc1cc(CNc2ccc(C)c(Cl)c2)c(Br)cc1OC(C)C. The van der Waals surface area contributed by atoms with Crippen molar-refractivity contribution in [1.29, 1.82) is 0 Å². The van der Waals surface area contributed by atoms with Crippen molar-refractivity contribution in [3.8, 4) is 11.5 Å². The fourth-order valence-electron chi connectivity index (χ4n) is 2.12. The highest BCUT2D eigenvalue weighted by Crippen LogP contribution is 2.34. The van der Waals surface area contributed by atoms with Crippen molar-refractivity contribution in [2.24, 2.45) is 0 Å². The summed E-state index contributed by atoms with van der Waals surface area (Å²) in [6.45, 7) is 6.62. The zero-order chi connectivity index (χ0) is 17.0. The third-order valence-corrected chi connectivity index (χ3v) is 4.50. The second kappa shape index (κ2) is 7.93. The van der Waals surface area contributed by atoms with Crippen LogP contribution in [0.5, 0.6) is 11.5 Å². The van der Waals surface area contributed by atoms with E-state index in [0.29, 0.717) is 6.54 Å². The Balaban J connectivity index is 2.17. The molecule has 0 heterocycles. The smallest absolute Gasteiger partial charge is 0.162 e. The van der Waals surface area contributed by atoms with Crippen LogP contribution in [0.3, 0.4) is 0 Å². The molecule has 0 radical (unpaired) electrons. The van der Waals surface area contributed by atoms with Gasteiger partial charge in [0.2, 0.25) is 0 Å². The van der Waals surface area contributed by atoms with Crippen LogP contribution in [0.15, 0.2) is 34.8 Å². The predicted octanol–water partition coefficient (Wildman–Crippen LogP) is 5.82. The minimum Gasteiger partial charge on any atom is -0.493 e. The first-order chi connectivity index (χ1) is 10.9. The molecule has 0 aliphatic heterocycles. The molecule has 0 atom stereocenters. The van der Waals surface area contributed by atoms with Crippen LogP contribution >= 0.6 is 27.5 Å². The van der Waals surface area contributed by atoms with Gasteiger partial charge in [-0.05, 0) is 56.2 Å². The van der Waals surface area contributed by atoms with Crippen molar-refractivity contribution in [2.75, 3.05) is 12.4 Å². The molecule has 23 heavy (non-hydrogen) atoms. The number of nitrogens with one attached hydrogen (secondary N) is 1. The maximum atomic E-state index is 6.16. The van der Waals surface area contributed by atoms with E-state index < -0.39 is 0 Å². The van der Waals surface area contributed by atoms with Crippen molar-refractivity contribution >= 4 is 33.2 Å². The highest BCUT2D eigenvalue weighted by molar-refractivity contribution is 9.10. The Hall–Kier alpha value is -1.39. The summed E-state index contributed by atoms with van der Waals surface area (Å²) in [5.74, 6) is 1.46. The first-order valence-electron chi connectivity index (χ1n) is 7.43. The second-order valence-electron chi connectivity index (χ2n) is 5.58. The molecule has 0 saturated heterocycles. The summed E-state index contributed by atoms with van der Waals surface area (Å²) < 4.78 is 12.2. The average molecular weight is 399 g/mol. The van der Waals surface area contributed by atoms with E-state index in [-0.39, 0.29) is 6.10 Å². The summed E-state index contributed by atoms with van der Waals surface area (Å²) in [6.07, 6.45) is 0.0921. The van der Waals surface area contributed by atoms with Gasteiger partial charge in [-0.15, -0.1) is 0 Å². The Morgan fingerprint density at radius 3 is 2.52 bits per heavy atom. The van der Waals surface area contributed by atoms with Crippen molar-refractivity contribution in [3.05, 3.63) is 51.0 Å². The average Bonchev–Trinajstić information content (AvgIpc) is 2.49. The quantitative estimate of drug-likeness (QED) is 0.665. The number of hydrogen-bond donors (Lipinski definition) is 1. The third kappa shape index (κ3) is 4.79. The maximum Gasteiger partial charge on any atom is 0.162 e. The molecule has 2 rings (SSSR count). The molecule has 0 unspecified atom stereocenters. The lowest BCUT2D eigenvalue weighted by Gasteiger charge is -2.16. The molecular weight excluding hydrogens is 378 g/mol. The number of rotatable bonds is 6. The lowest BCUT2D eigenvalue weighted by Crippen LogP contribution is -2.08. The van der Waals surface area contributed by atoms with Crippen LogP contribution in [0, 0.1) is 6.92 Å². The Labute approximate surface area is 151 Å². The van der Waals surface area contributed by atoms with Crippen LogP contribution in [0.25, 0.3) is 0 Å². The highest BCUT2D eigenvalue weighted by Gasteiger charge is 2.11. The first kappa shape index (κ1) is 18.0. The lowest BCUT2D eigenvalue weighted by molar-refractivity contribution is 0.230. The van der Waals surface area contributed by atoms with E-state index in [0.717, 1.165) is 37.8 Å². The molecule has 0 aliphatic rings. The summed E-state index contributed by atoms with van der Waals surface area (Å²) in [5.41, 5.74) is 3.12. The Morgan fingerprint density at radius 1 is 1.17 bits per heavy atom. The van der Waals surface area contributed by atoms with E-state index >= 15 is 0 Å². The molecule has 5 heteroatoms. The van der Waals surface area contributed by atoms with Crippen LogP contribution in [-0.2, 0) is 6.54 Å². The van der Waals surface area contributed by atoms with Gasteiger partial charge in [0, 0.05) is 21.7 Å². The zero-order valence-corrected chi connectivity index (χ0v) is 16.1. The number of halogens is 2. The molecule has 1 N–H and O–H groups in total. The summed E-state index contributed by atoms with van der Waals surface area (Å²) >= 11 is 9.76. The number of aryl methyl sites for hydroxylation is 1. The van der Waals surface area contributed by atoms with E-state index in [1.165, 1.54) is 0 Å². The summed E-state index contributed by atoms with van der Waals surface area (Å²) in [6, 6.07) is 9.86. The van der Waals surface area contributed by atoms with E-state index in [1.54, 1.807) is 7.11 Å². The van der Waals surface area contributed by atoms with Crippen LogP contribution in [0.1, 0.15) is 25.0 Å². The molecule has 0 aliphatic carbocycles. The van der Waals surface area contributed by atoms with Gasteiger partial charge in [0.25, 0.3) is 0 Å². The zero-order valence-electron chi connectivity index (χ0n) is 13.7. The molecule has 0 fully saturated rings. The van der Waals surface area contributed by atoms with E-state index in [9.17, 15) is 0 Å². The van der Waals surface area contributed by atoms with E-state index in [1.807, 2.05) is 51.1 Å². The van der Waals surface area contributed by atoms with Crippen molar-refractivity contribution in [1.82, 2.24) is 0 Å². The number of methoxy groups -OCH3 is 1. The fourth-order valence-corrected chi connectivity index (χ4v) is 2.76. The van der Waals surface area contributed by atoms with Gasteiger partial charge < -0.3 is 14.8 Å². The third-order valence-electron chi connectivity index (χ3n) is 3.35. The molecule has 2 aromatic rings. The normalized spacial score (nSPS) is 10.7. The number of hydrogen-bond acceptors (Lipinski definition) is 3. The summed E-state index contributed by atoms with van der Waals surface area (Å²) in [5, 5.41) is 4.13. The van der Waals surface area contributed by atoms with Gasteiger partial charge in [-0.25, -0.2) is 0 Å². The van der Waals surface area contributed by atoms with Crippen molar-refractivity contribution in [3.63, 3.8) is 0 Å². The van der Waals surface area contributed by atoms with Crippen LogP contribution in [0.2, 0.25) is 5.02 Å². The Bertz CT molecular complexity index is 689. The van der Waals surface area contributed by atoms with Crippen molar-refractivity contribution in [2.45, 2.75) is 33.4 Å². The Kier molecular flexibility index (Phi) is 6.19. The maximum absolute atomic E-state index is 6.16.